The van der Waals surface area contributed by atoms with Gasteiger partial charge in [-0.15, -0.1) is 0 Å². The normalized spacial score (nSPS) is 40.1. The lowest BCUT2D eigenvalue weighted by Crippen LogP contribution is -2.55. The maximum atomic E-state index is 13.6. The fourth-order valence-electron chi connectivity index (χ4n) is 9.24. The van der Waals surface area contributed by atoms with Crippen LogP contribution in [-0.2, 0) is 16.1 Å². The molecule has 0 N–H and O–H groups in total. The minimum Gasteiger partial charge on any atom is -0.384 e. The molecule has 0 radical (unpaired) electrons. The number of hydrogen-bond donors (Lipinski definition) is 0. The first-order valence-corrected chi connectivity index (χ1v) is 13.3. The Kier molecular flexibility index (Phi) is 7.06. The molecule has 0 amide bonds. The number of carbonyl (C=O) groups excluding carboxylic acids is 1. The van der Waals surface area contributed by atoms with Gasteiger partial charge in [0.2, 0.25) is 0 Å². The number of Topliss-reactive ketones (excluding diaryl/α,β-unsaturated/α-hetero) is 1. The van der Waals surface area contributed by atoms with Gasteiger partial charge in [0.05, 0.1) is 13.2 Å². The first-order chi connectivity index (χ1) is 15.8. The van der Waals surface area contributed by atoms with E-state index in [1.165, 1.54) is 44.9 Å². The van der Waals surface area contributed by atoms with Gasteiger partial charge in [0, 0.05) is 19.2 Å². The molecule has 3 aliphatic rings. The summed E-state index contributed by atoms with van der Waals surface area (Å²) < 4.78 is 7.59. The summed E-state index contributed by atoms with van der Waals surface area (Å²) in [5, 5.41) is 13.3. The van der Waals surface area contributed by atoms with Crippen molar-refractivity contribution in [1.82, 2.24) is 9.78 Å². The van der Waals surface area contributed by atoms with Crippen LogP contribution in [0, 0.1) is 57.7 Å². The van der Waals surface area contributed by atoms with Gasteiger partial charge in [-0.05, 0) is 85.0 Å². The third kappa shape index (κ3) is 3.97. The Bertz CT molecular complexity index is 880. The number of nitrogens with zero attached hydrogens (tertiary/aromatic N) is 3. The lowest BCUT2D eigenvalue weighted by Gasteiger charge is -2.60. The quantitative estimate of drug-likeness (QED) is 0.493. The summed E-state index contributed by atoms with van der Waals surface area (Å²) in [6.07, 6.45) is 11.7. The maximum Gasteiger partial charge on any atom is 0.162 e. The average molecular weight is 454 g/mol. The van der Waals surface area contributed by atoms with Crippen molar-refractivity contribution in [3.05, 3.63) is 18.0 Å². The Morgan fingerprint density at radius 1 is 1.30 bits per heavy atom. The summed E-state index contributed by atoms with van der Waals surface area (Å²) in [5.74, 6) is 3.61. The number of rotatable bonds is 8. The second kappa shape index (κ2) is 9.53. The molecular formula is C28H43N3O2. The molecular weight excluding hydrogens is 410 g/mol. The molecule has 182 valence electrons. The first-order valence-electron chi connectivity index (χ1n) is 13.3. The molecule has 3 fully saturated rings. The zero-order valence-electron chi connectivity index (χ0n) is 21.3. The van der Waals surface area contributed by atoms with Crippen molar-refractivity contribution in [2.24, 2.45) is 46.3 Å². The number of aromatic nitrogens is 2. The average Bonchev–Trinajstić information content (AvgIpc) is 3.34. The summed E-state index contributed by atoms with van der Waals surface area (Å²) in [4.78, 5) is 13.6. The predicted molar refractivity (Wildman–Crippen MR) is 129 cm³/mol. The van der Waals surface area contributed by atoms with Gasteiger partial charge in [0.25, 0.3) is 0 Å². The molecule has 4 rings (SSSR count). The zero-order valence-corrected chi connectivity index (χ0v) is 21.3. The highest BCUT2D eigenvalue weighted by atomic mass is 16.5. The Balaban J connectivity index is 1.60. The van der Waals surface area contributed by atoms with Gasteiger partial charge in [0.15, 0.2) is 11.5 Å². The SMILES string of the molecule is CCCC1(COC)C(CC)CCC2C3CC(C)C(C(=O)Cn4ccc(C#N)n4)C3(C)CCC21. The summed E-state index contributed by atoms with van der Waals surface area (Å²) in [7, 11) is 1.89. The topological polar surface area (TPSA) is 67.9 Å². The van der Waals surface area contributed by atoms with Gasteiger partial charge in [-0.2, -0.15) is 10.4 Å². The van der Waals surface area contributed by atoms with Crippen LogP contribution in [0.4, 0.5) is 0 Å². The number of ketones is 1. The molecule has 0 spiro atoms. The van der Waals surface area contributed by atoms with Crippen molar-refractivity contribution < 1.29 is 9.53 Å². The number of ether oxygens (including phenoxy) is 1. The molecule has 5 nitrogen and oxygen atoms in total. The monoisotopic (exact) mass is 453 g/mol. The van der Waals surface area contributed by atoms with E-state index in [2.05, 4.69) is 38.9 Å². The van der Waals surface area contributed by atoms with Crippen LogP contribution in [-0.4, -0.2) is 29.3 Å². The minimum absolute atomic E-state index is 0.0763. The maximum absolute atomic E-state index is 13.6. The Morgan fingerprint density at radius 2 is 2.09 bits per heavy atom. The van der Waals surface area contributed by atoms with E-state index in [1.54, 1.807) is 16.9 Å². The summed E-state index contributed by atoms with van der Waals surface area (Å²) in [5.41, 5.74) is 0.758. The third-order valence-corrected chi connectivity index (χ3v) is 10.2. The molecule has 1 aromatic heterocycles. The van der Waals surface area contributed by atoms with Crippen LogP contribution >= 0.6 is 0 Å². The number of nitriles is 1. The van der Waals surface area contributed by atoms with Gasteiger partial charge in [-0.3, -0.25) is 9.48 Å². The third-order valence-electron chi connectivity index (χ3n) is 10.2. The molecule has 0 saturated heterocycles. The molecule has 0 bridgehead atoms. The van der Waals surface area contributed by atoms with Crippen LogP contribution in [0.3, 0.4) is 0 Å². The van der Waals surface area contributed by atoms with Gasteiger partial charge < -0.3 is 4.74 Å². The highest BCUT2D eigenvalue weighted by molar-refractivity contribution is 5.82. The van der Waals surface area contributed by atoms with Crippen LogP contribution in [0.2, 0.25) is 0 Å². The van der Waals surface area contributed by atoms with Crippen LogP contribution in [0.5, 0.6) is 0 Å². The number of hydrogen-bond acceptors (Lipinski definition) is 4. The fourth-order valence-corrected chi connectivity index (χ4v) is 9.24. The molecule has 33 heavy (non-hydrogen) atoms. The van der Waals surface area contributed by atoms with E-state index in [-0.39, 0.29) is 17.9 Å². The van der Waals surface area contributed by atoms with Crippen LogP contribution in [0.1, 0.15) is 84.8 Å². The Hall–Kier alpha value is -1.67. The minimum atomic E-state index is 0.0763. The van der Waals surface area contributed by atoms with Crippen molar-refractivity contribution in [3.8, 4) is 6.07 Å². The second-order valence-electron chi connectivity index (χ2n) is 11.7. The van der Waals surface area contributed by atoms with Gasteiger partial charge in [-0.25, -0.2) is 0 Å². The highest BCUT2D eigenvalue weighted by Gasteiger charge is 2.62. The van der Waals surface area contributed by atoms with E-state index < -0.39 is 0 Å². The Morgan fingerprint density at radius 3 is 2.73 bits per heavy atom. The number of methoxy groups -OCH3 is 1. The molecule has 3 saturated carbocycles. The van der Waals surface area contributed by atoms with Crippen molar-refractivity contribution >= 4 is 5.78 Å². The van der Waals surface area contributed by atoms with Crippen LogP contribution < -0.4 is 0 Å². The number of carbonyl (C=O) groups is 1. The largest absolute Gasteiger partial charge is 0.384 e. The van der Waals surface area contributed by atoms with E-state index in [4.69, 9.17) is 10.00 Å². The van der Waals surface area contributed by atoms with Crippen LogP contribution in [0.25, 0.3) is 0 Å². The second-order valence-corrected chi connectivity index (χ2v) is 11.7. The fraction of sp³-hybridized carbons (Fsp3) is 0.821. The molecule has 5 heteroatoms. The van der Waals surface area contributed by atoms with E-state index in [9.17, 15) is 4.79 Å². The lowest BCUT2D eigenvalue weighted by atomic mass is 9.45. The van der Waals surface area contributed by atoms with Crippen molar-refractivity contribution in [2.45, 2.75) is 85.6 Å². The van der Waals surface area contributed by atoms with E-state index in [0.717, 1.165) is 24.9 Å². The van der Waals surface area contributed by atoms with Crippen molar-refractivity contribution in [3.63, 3.8) is 0 Å². The van der Waals surface area contributed by atoms with E-state index in [1.807, 2.05) is 7.11 Å². The Labute approximate surface area is 200 Å². The highest BCUT2D eigenvalue weighted by Crippen LogP contribution is 2.67. The summed E-state index contributed by atoms with van der Waals surface area (Å²) >= 11 is 0. The molecule has 8 unspecified atom stereocenters. The molecule has 3 aliphatic carbocycles. The van der Waals surface area contributed by atoms with Crippen LogP contribution in [0.15, 0.2) is 12.3 Å². The summed E-state index contributed by atoms with van der Waals surface area (Å²) in [6, 6.07) is 3.76. The number of fused-ring (bicyclic) bond motifs is 3. The lowest BCUT2D eigenvalue weighted by molar-refractivity contribution is -0.144. The molecule has 1 aromatic rings. The molecule has 0 aliphatic heterocycles. The molecule has 0 aromatic carbocycles. The predicted octanol–water partition coefficient (Wildman–Crippen LogP) is 5.88. The van der Waals surface area contributed by atoms with Gasteiger partial charge >= 0.3 is 0 Å². The van der Waals surface area contributed by atoms with Crippen molar-refractivity contribution in [1.29, 1.82) is 5.26 Å². The standard InChI is InChI=1S/C28H43N3O2/c1-6-12-28(18-33-5)20(7-2)8-9-22-23(28)10-13-27(4)24(22)15-19(3)26(27)25(32)17-31-14-11-21(16-29)30-31/h11,14,19-20,22-24,26H,6-10,12-13,15,17-18H2,1-5H3. The molecule has 8 atom stereocenters. The van der Waals surface area contributed by atoms with E-state index in [0.29, 0.717) is 34.6 Å². The van der Waals surface area contributed by atoms with Gasteiger partial charge in [-0.1, -0.05) is 40.5 Å². The van der Waals surface area contributed by atoms with Gasteiger partial charge in [0.1, 0.15) is 6.07 Å². The smallest absolute Gasteiger partial charge is 0.162 e. The summed E-state index contributed by atoms with van der Waals surface area (Å²) in [6.45, 7) is 10.6. The first kappa shape index (κ1) is 24.5. The van der Waals surface area contributed by atoms with Crippen molar-refractivity contribution in [2.75, 3.05) is 13.7 Å². The zero-order chi connectivity index (χ0) is 23.8. The van der Waals surface area contributed by atoms with E-state index >= 15 is 0 Å². The molecule has 1 heterocycles.